The molecule has 1 aromatic heterocycles. The first-order chi connectivity index (χ1) is 12.5. The minimum absolute atomic E-state index is 0.103. The molecule has 7 nitrogen and oxygen atoms in total. The highest BCUT2D eigenvalue weighted by Gasteiger charge is 2.19. The topological polar surface area (TPSA) is 92.3 Å². The first-order valence-corrected chi connectivity index (χ1v) is 7.88. The van der Waals surface area contributed by atoms with Gasteiger partial charge in [0.2, 0.25) is 0 Å². The Balaban J connectivity index is 2.23. The van der Waals surface area contributed by atoms with Crippen molar-refractivity contribution in [1.29, 1.82) is 5.26 Å². The molecule has 0 aliphatic heterocycles. The van der Waals surface area contributed by atoms with E-state index in [9.17, 15) is 15.4 Å². The summed E-state index contributed by atoms with van der Waals surface area (Å²) < 4.78 is 5.27. The van der Waals surface area contributed by atoms with Crippen molar-refractivity contribution < 1.29 is 9.66 Å². The number of hydrogen-bond acceptors (Lipinski definition) is 6. The van der Waals surface area contributed by atoms with Gasteiger partial charge in [-0.05, 0) is 24.3 Å². The number of pyridine rings is 1. The number of benzene rings is 2. The number of rotatable bonds is 4. The largest absolute Gasteiger partial charge is 0.497 e. The van der Waals surface area contributed by atoms with Gasteiger partial charge >= 0.3 is 0 Å². The predicted octanol–water partition coefficient (Wildman–Crippen LogP) is 4.44. The molecule has 0 spiro atoms. The summed E-state index contributed by atoms with van der Waals surface area (Å²) in [6.07, 6.45) is 1.49. The Kier molecular flexibility index (Phi) is 4.61. The van der Waals surface area contributed by atoms with Crippen molar-refractivity contribution in [3.05, 3.63) is 63.3 Å². The van der Waals surface area contributed by atoms with Crippen LogP contribution in [0.2, 0.25) is 5.02 Å². The molecule has 0 N–H and O–H groups in total. The fraction of sp³-hybridized carbons (Fsp3) is 0.111. The molecular weight excluding hydrogens is 356 g/mol. The third kappa shape index (κ3) is 2.98. The van der Waals surface area contributed by atoms with Crippen LogP contribution in [0.15, 0.2) is 42.6 Å². The molecule has 0 aliphatic carbocycles. The summed E-state index contributed by atoms with van der Waals surface area (Å²) >= 11 is 6.25. The normalized spacial score (nSPS) is 10.4. The van der Waals surface area contributed by atoms with Crippen molar-refractivity contribution in [3.8, 4) is 11.8 Å². The van der Waals surface area contributed by atoms with Crippen LogP contribution in [0.1, 0.15) is 5.56 Å². The number of nitro benzene ring substituents is 1. The molecule has 0 aliphatic rings. The number of nitrogens with zero attached hydrogens (tertiary/aromatic N) is 4. The number of hydrogen-bond donors (Lipinski definition) is 0. The zero-order valence-electron chi connectivity index (χ0n) is 13.9. The van der Waals surface area contributed by atoms with Gasteiger partial charge in [0.1, 0.15) is 11.8 Å². The summed E-state index contributed by atoms with van der Waals surface area (Å²) in [6, 6.07) is 11.7. The van der Waals surface area contributed by atoms with Crippen molar-refractivity contribution in [2.24, 2.45) is 0 Å². The highest BCUT2D eigenvalue weighted by molar-refractivity contribution is 6.33. The van der Waals surface area contributed by atoms with Crippen LogP contribution in [0.25, 0.3) is 10.9 Å². The van der Waals surface area contributed by atoms with Gasteiger partial charge in [0.05, 0.1) is 39.5 Å². The predicted molar refractivity (Wildman–Crippen MR) is 99.2 cm³/mol. The number of anilines is 2. The van der Waals surface area contributed by atoms with E-state index in [1.165, 1.54) is 18.3 Å². The monoisotopic (exact) mass is 368 g/mol. The molecule has 0 unspecified atom stereocenters. The van der Waals surface area contributed by atoms with Crippen molar-refractivity contribution >= 4 is 39.6 Å². The average molecular weight is 369 g/mol. The van der Waals surface area contributed by atoms with Gasteiger partial charge in [0.15, 0.2) is 0 Å². The standard InChI is InChI=1S/C18H13ClN4O3/c1-22(17-6-3-12(23(24)25)7-15(17)19)18-11(9-20)10-21-16-5-4-13(26-2)8-14(16)18/h3-8,10H,1-2H3. The summed E-state index contributed by atoms with van der Waals surface area (Å²) in [7, 11) is 3.29. The van der Waals surface area contributed by atoms with E-state index in [-0.39, 0.29) is 10.7 Å². The van der Waals surface area contributed by atoms with Gasteiger partial charge < -0.3 is 9.64 Å². The fourth-order valence-corrected chi connectivity index (χ4v) is 3.03. The minimum atomic E-state index is -0.511. The Morgan fingerprint density at radius 3 is 2.69 bits per heavy atom. The zero-order chi connectivity index (χ0) is 18.8. The summed E-state index contributed by atoms with van der Waals surface area (Å²) in [5, 5.41) is 21.3. The van der Waals surface area contributed by atoms with Crippen LogP contribution in [-0.4, -0.2) is 24.1 Å². The van der Waals surface area contributed by atoms with Gasteiger partial charge in [-0.3, -0.25) is 15.1 Å². The SMILES string of the molecule is COc1ccc2ncc(C#N)c(N(C)c3ccc([N+](=O)[O-])cc3Cl)c2c1. The molecule has 2 aromatic carbocycles. The third-order valence-electron chi connectivity index (χ3n) is 4.01. The molecule has 0 saturated heterocycles. The second-order valence-corrected chi connectivity index (χ2v) is 5.87. The Labute approximate surface area is 154 Å². The quantitative estimate of drug-likeness (QED) is 0.499. The Hall–Kier alpha value is -3.37. The summed E-state index contributed by atoms with van der Waals surface area (Å²) in [5.41, 5.74) is 2.05. The number of ether oxygens (including phenoxy) is 1. The van der Waals surface area contributed by atoms with Gasteiger partial charge in [0, 0.05) is 30.8 Å². The number of methoxy groups -OCH3 is 1. The van der Waals surface area contributed by atoms with Gasteiger partial charge in [-0.25, -0.2) is 0 Å². The van der Waals surface area contributed by atoms with E-state index in [4.69, 9.17) is 16.3 Å². The third-order valence-corrected chi connectivity index (χ3v) is 4.31. The average Bonchev–Trinajstić information content (AvgIpc) is 2.65. The number of halogens is 1. The van der Waals surface area contributed by atoms with Crippen molar-refractivity contribution in [3.63, 3.8) is 0 Å². The zero-order valence-corrected chi connectivity index (χ0v) is 14.7. The summed E-state index contributed by atoms with van der Waals surface area (Å²) in [4.78, 5) is 16.4. The fourth-order valence-electron chi connectivity index (χ4n) is 2.73. The van der Waals surface area contributed by atoms with E-state index >= 15 is 0 Å². The Morgan fingerprint density at radius 1 is 1.31 bits per heavy atom. The van der Waals surface area contributed by atoms with Crippen LogP contribution in [-0.2, 0) is 0 Å². The van der Waals surface area contributed by atoms with Crippen LogP contribution in [0.5, 0.6) is 5.75 Å². The van der Waals surface area contributed by atoms with Gasteiger partial charge in [-0.2, -0.15) is 5.26 Å². The van der Waals surface area contributed by atoms with E-state index < -0.39 is 4.92 Å². The van der Waals surface area contributed by atoms with Crippen LogP contribution in [0.4, 0.5) is 17.1 Å². The molecule has 1 heterocycles. The summed E-state index contributed by atoms with van der Waals surface area (Å²) in [5.74, 6) is 0.624. The summed E-state index contributed by atoms with van der Waals surface area (Å²) in [6.45, 7) is 0. The second-order valence-electron chi connectivity index (χ2n) is 5.47. The number of aromatic nitrogens is 1. The van der Waals surface area contributed by atoms with Crippen molar-refractivity contribution in [2.45, 2.75) is 0 Å². The number of nitro groups is 1. The molecule has 0 radical (unpaired) electrons. The minimum Gasteiger partial charge on any atom is -0.497 e. The van der Waals surface area contributed by atoms with E-state index in [2.05, 4.69) is 11.1 Å². The van der Waals surface area contributed by atoms with Crippen LogP contribution >= 0.6 is 11.6 Å². The maximum absolute atomic E-state index is 10.9. The highest BCUT2D eigenvalue weighted by atomic mass is 35.5. The van der Waals surface area contributed by atoms with Crippen molar-refractivity contribution in [1.82, 2.24) is 4.98 Å². The van der Waals surface area contributed by atoms with Crippen LogP contribution < -0.4 is 9.64 Å². The number of non-ortho nitro benzene ring substituents is 1. The smallest absolute Gasteiger partial charge is 0.271 e. The van der Waals surface area contributed by atoms with E-state index in [0.717, 1.165) is 0 Å². The van der Waals surface area contributed by atoms with E-state index in [1.807, 2.05) is 0 Å². The molecule has 26 heavy (non-hydrogen) atoms. The van der Waals surface area contributed by atoms with E-state index in [1.54, 1.807) is 43.3 Å². The van der Waals surface area contributed by atoms with E-state index in [0.29, 0.717) is 33.6 Å². The van der Waals surface area contributed by atoms with Crippen LogP contribution in [0, 0.1) is 21.4 Å². The Bertz CT molecular complexity index is 1060. The lowest BCUT2D eigenvalue weighted by Crippen LogP contribution is -2.13. The highest BCUT2D eigenvalue weighted by Crippen LogP contribution is 2.38. The number of fused-ring (bicyclic) bond motifs is 1. The molecule has 130 valence electrons. The van der Waals surface area contributed by atoms with Gasteiger partial charge in [-0.15, -0.1) is 0 Å². The van der Waals surface area contributed by atoms with Crippen LogP contribution in [0.3, 0.4) is 0 Å². The first-order valence-electron chi connectivity index (χ1n) is 7.50. The Morgan fingerprint density at radius 2 is 2.08 bits per heavy atom. The van der Waals surface area contributed by atoms with Gasteiger partial charge in [-0.1, -0.05) is 11.6 Å². The van der Waals surface area contributed by atoms with Gasteiger partial charge in [0.25, 0.3) is 5.69 Å². The lowest BCUT2D eigenvalue weighted by Gasteiger charge is -2.23. The maximum atomic E-state index is 10.9. The molecule has 3 rings (SSSR count). The van der Waals surface area contributed by atoms with Crippen molar-refractivity contribution in [2.75, 3.05) is 19.1 Å². The molecule has 0 saturated carbocycles. The maximum Gasteiger partial charge on any atom is 0.271 e. The second kappa shape index (κ2) is 6.86. The first kappa shape index (κ1) is 17.5. The molecule has 3 aromatic rings. The molecule has 8 heteroatoms. The lowest BCUT2D eigenvalue weighted by atomic mass is 10.1. The molecule has 0 fully saturated rings. The number of nitriles is 1. The molecule has 0 atom stereocenters. The lowest BCUT2D eigenvalue weighted by molar-refractivity contribution is -0.384. The molecule has 0 bridgehead atoms. The molecular formula is C18H13ClN4O3. The molecule has 0 amide bonds.